The summed E-state index contributed by atoms with van der Waals surface area (Å²) in [6.45, 7) is 4.62. The Hall–Kier alpha value is -1.76. The van der Waals surface area contributed by atoms with Gasteiger partial charge in [0.1, 0.15) is 0 Å². The van der Waals surface area contributed by atoms with Crippen LogP contribution >= 0.6 is 0 Å². The average Bonchev–Trinajstić information content (AvgIpc) is 2.38. The fourth-order valence-corrected chi connectivity index (χ4v) is 2.08. The third-order valence-electron chi connectivity index (χ3n) is 3.02. The van der Waals surface area contributed by atoms with Gasteiger partial charge in [0.05, 0.1) is 12.2 Å². The number of hydrogen-bond donors (Lipinski definition) is 2. The summed E-state index contributed by atoms with van der Waals surface area (Å²) in [6.07, 6.45) is -3.66. The normalized spacial score (nSPS) is 20.5. The topological polar surface area (TPSA) is 64.3 Å². The van der Waals surface area contributed by atoms with Crippen molar-refractivity contribution in [2.24, 2.45) is 5.73 Å². The second-order valence-electron chi connectivity index (χ2n) is 4.74. The van der Waals surface area contributed by atoms with Crippen molar-refractivity contribution in [1.82, 2.24) is 0 Å². The molecule has 7 heteroatoms. The number of halogens is 3. The Morgan fingerprint density at radius 3 is 2.62 bits per heavy atom. The summed E-state index contributed by atoms with van der Waals surface area (Å²) in [5, 5.41) is 3.12. The maximum absolute atomic E-state index is 12.5. The van der Waals surface area contributed by atoms with Gasteiger partial charge in [0.2, 0.25) is 0 Å². The summed E-state index contributed by atoms with van der Waals surface area (Å²) < 4.78 is 41.7. The molecule has 0 spiro atoms. The van der Waals surface area contributed by atoms with Gasteiger partial charge >= 0.3 is 6.18 Å². The molecule has 0 radical (unpaired) electrons. The lowest BCUT2D eigenvalue weighted by molar-refractivity contribution is -0.137. The molecule has 2 rings (SSSR count). The first-order valence-electron chi connectivity index (χ1n) is 6.58. The van der Waals surface area contributed by atoms with Crippen LogP contribution in [0, 0.1) is 0 Å². The molecule has 0 saturated heterocycles. The molecule has 0 amide bonds. The Kier molecular flexibility index (Phi) is 6.02. The largest absolute Gasteiger partial charge is 0.468 e. The summed E-state index contributed by atoms with van der Waals surface area (Å²) in [7, 11) is 0. The highest BCUT2D eigenvalue weighted by Crippen LogP contribution is 2.36. The zero-order valence-corrected chi connectivity index (χ0v) is 11.9. The molecular weight excluding hydrogens is 285 g/mol. The van der Waals surface area contributed by atoms with Crippen molar-refractivity contribution < 1.29 is 22.7 Å². The highest BCUT2D eigenvalue weighted by Gasteiger charge is 2.32. The van der Waals surface area contributed by atoms with Gasteiger partial charge in [0.25, 0.3) is 6.47 Å². The van der Waals surface area contributed by atoms with E-state index in [1.54, 1.807) is 6.92 Å². The number of benzene rings is 1. The Labute approximate surface area is 121 Å². The number of rotatable bonds is 2. The van der Waals surface area contributed by atoms with Gasteiger partial charge < -0.3 is 15.8 Å². The second kappa shape index (κ2) is 7.31. The first-order valence-corrected chi connectivity index (χ1v) is 6.58. The van der Waals surface area contributed by atoms with Gasteiger partial charge in [-0.05, 0) is 44.0 Å². The van der Waals surface area contributed by atoms with Crippen LogP contribution in [-0.4, -0.2) is 19.1 Å². The van der Waals surface area contributed by atoms with Crippen LogP contribution < -0.4 is 11.1 Å². The lowest BCUT2D eigenvalue weighted by Gasteiger charge is -2.29. The third-order valence-corrected chi connectivity index (χ3v) is 3.02. The van der Waals surface area contributed by atoms with E-state index in [-0.39, 0.29) is 12.1 Å². The third kappa shape index (κ3) is 4.93. The predicted molar refractivity (Wildman–Crippen MR) is 73.8 cm³/mol. The van der Waals surface area contributed by atoms with E-state index < -0.39 is 11.7 Å². The van der Waals surface area contributed by atoms with Crippen molar-refractivity contribution in [2.75, 3.05) is 11.9 Å². The van der Waals surface area contributed by atoms with Crippen molar-refractivity contribution in [3.63, 3.8) is 0 Å². The highest BCUT2D eigenvalue weighted by atomic mass is 19.4. The van der Waals surface area contributed by atoms with Crippen LogP contribution in [0.25, 0.3) is 0 Å². The molecule has 0 aliphatic carbocycles. The molecule has 0 aromatic heterocycles. The van der Waals surface area contributed by atoms with Gasteiger partial charge in [-0.15, -0.1) is 0 Å². The van der Waals surface area contributed by atoms with Crippen molar-refractivity contribution in [1.29, 1.82) is 0 Å². The maximum Gasteiger partial charge on any atom is 0.416 e. The second-order valence-corrected chi connectivity index (χ2v) is 4.74. The maximum atomic E-state index is 12.5. The molecule has 1 aromatic rings. The van der Waals surface area contributed by atoms with Crippen LogP contribution in [0.15, 0.2) is 18.2 Å². The summed E-state index contributed by atoms with van der Waals surface area (Å²) in [4.78, 5) is 9.18. The molecule has 0 unspecified atom stereocenters. The van der Waals surface area contributed by atoms with E-state index in [4.69, 9.17) is 5.73 Å². The molecule has 1 heterocycles. The minimum Gasteiger partial charge on any atom is -0.468 e. The number of fused-ring (bicyclic) bond motifs is 1. The van der Waals surface area contributed by atoms with E-state index in [1.807, 2.05) is 6.92 Å². The van der Waals surface area contributed by atoms with Gasteiger partial charge in [0, 0.05) is 17.8 Å². The van der Waals surface area contributed by atoms with E-state index in [2.05, 4.69) is 10.1 Å². The lowest BCUT2D eigenvalue weighted by Crippen LogP contribution is -2.29. The van der Waals surface area contributed by atoms with Gasteiger partial charge in [0.15, 0.2) is 0 Å². The molecule has 2 atom stereocenters. The molecular formula is C14H19F3N2O2. The average molecular weight is 304 g/mol. The summed E-state index contributed by atoms with van der Waals surface area (Å²) >= 11 is 0. The molecule has 0 saturated carbocycles. The van der Waals surface area contributed by atoms with E-state index in [0.29, 0.717) is 30.8 Å². The van der Waals surface area contributed by atoms with Crippen LogP contribution in [0.5, 0.6) is 0 Å². The molecule has 1 aliphatic heterocycles. The van der Waals surface area contributed by atoms with Gasteiger partial charge in [-0.2, -0.15) is 13.2 Å². The summed E-state index contributed by atoms with van der Waals surface area (Å²) in [5.41, 5.74) is 6.46. The number of ether oxygens (including phenoxy) is 1. The fourth-order valence-electron chi connectivity index (χ4n) is 2.08. The van der Waals surface area contributed by atoms with E-state index in [0.717, 1.165) is 12.1 Å². The zero-order chi connectivity index (χ0) is 16.0. The molecule has 1 aromatic carbocycles. The van der Waals surface area contributed by atoms with Crippen LogP contribution in [-0.2, 0) is 15.7 Å². The number of carbonyl (C=O) groups is 1. The number of nitrogens with two attached hydrogens (primary N) is 1. The molecule has 0 bridgehead atoms. The molecule has 3 N–H and O–H groups in total. The number of anilines is 1. The van der Waals surface area contributed by atoms with Crippen LogP contribution in [0.1, 0.15) is 37.4 Å². The van der Waals surface area contributed by atoms with E-state index in [9.17, 15) is 18.0 Å². The molecule has 1 aliphatic rings. The van der Waals surface area contributed by atoms with Crippen molar-refractivity contribution in [3.8, 4) is 0 Å². The van der Waals surface area contributed by atoms with Gasteiger partial charge in [-0.1, -0.05) is 0 Å². The Balaban J connectivity index is 0.000000383. The molecule has 21 heavy (non-hydrogen) atoms. The number of alkyl halides is 3. The summed E-state index contributed by atoms with van der Waals surface area (Å²) in [6, 6.07) is 3.54. The van der Waals surface area contributed by atoms with Gasteiger partial charge in [-0.25, -0.2) is 0 Å². The molecule has 118 valence electrons. The van der Waals surface area contributed by atoms with E-state index >= 15 is 0 Å². The van der Waals surface area contributed by atoms with Crippen molar-refractivity contribution in [2.45, 2.75) is 38.5 Å². The minimum absolute atomic E-state index is 0.194. The SMILES string of the molecule is CCOC=O.C[C@@H]1C[C@H](N)c2cc(C(F)(F)F)ccc2N1. The first-order chi connectivity index (χ1) is 9.79. The quantitative estimate of drug-likeness (QED) is 0.824. The molecule has 4 nitrogen and oxygen atoms in total. The lowest BCUT2D eigenvalue weighted by atomic mass is 9.93. The van der Waals surface area contributed by atoms with Crippen LogP contribution in [0.2, 0.25) is 0 Å². The standard InChI is InChI=1S/C11H13F3N2.C3H6O2/c1-6-4-9(15)8-5-7(11(12,13)14)2-3-10(8)16-6;1-2-5-3-4/h2-3,5-6,9,16H,4,15H2,1H3;3H,2H2,1H3/t6-,9+;/m1./s1. The Morgan fingerprint density at radius 1 is 1.48 bits per heavy atom. The zero-order valence-electron chi connectivity index (χ0n) is 11.9. The predicted octanol–water partition coefficient (Wildman–Crippen LogP) is 3.09. The molecule has 0 fully saturated rings. The van der Waals surface area contributed by atoms with Gasteiger partial charge in [-0.3, -0.25) is 4.79 Å². The number of carbonyl (C=O) groups excluding carboxylic acids is 1. The monoisotopic (exact) mass is 304 g/mol. The highest BCUT2D eigenvalue weighted by molar-refractivity contribution is 5.57. The Bertz CT molecular complexity index is 478. The van der Waals surface area contributed by atoms with Crippen molar-refractivity contribution in [3.05, 3.63) is 29.3 Å². The van der Waals surface area contributed by atoms with Crippen molar-refractivity contribution >= 4 is 12.2 Å². The fraction of sp³-hybridized carbons (Fsp3) is 0.500. The smallest absolute Gasteiger partial charge is 0.416 e. The summed E-state index contributed by atoms with van der Waals surface area (Å²) in [5.74, 6) is 0. The van der Waals surface area contributed by atoms with Crippen LogP contribution in [0.4, 0.5) is 18.9 Å². The number of nitrogens with one attached hydrogen (secondary N) is 1. The minimum atomic E-state index is -4.31. The number of hydrogen-bond acceptors (Lipinski definition) is 4. The van der Waals surface area contributed by atoms with Crippen LogP contribution in [0.3, 0.4) is 0 Å². The first kappa shape index (κ1) is 17.3. The Morgan fingerprint density at radius 2 is 2.14 bits per heavy atom. The van der Waals surface area contributed by atoms with E-state index in [1.165, 1.54) is 6.07 Å².